The number of aromatic nitrogens is 1. The van der Waals surface area contributed by atoms with Crippen LogP contribution in [0.4, 0.5) is 4.39 Å². The minimum atomic E-state index is -0.317. The molecule has 1 unspecified atom stereocenters. The SMILES string of the molecule is CN=C(NCc1ccon1)NCC(C)Oc1cccc(F)c1. The standard InChI is InChI=1S/C15H19FN4O2/c1-11(22-14-5-3-4-12(16)8-14)9-18-15(17-2)19-10-13-6-7-21-20-13/h3-8,11H,9-10H2,1-2H3,(H2,17,18,19). The Bertz CT molecular complexity index is 601. The van der Waals surface area contributed by atoms with Gasteiger partial charge in [0, 0.05) is 19.2 Å². The molecule has 0 aliphatic rings. The molecule has 0 amide bonds. The molecule has 1 aromatic heterocycles. The van der Waals surface area contributed by atoms with Crippen LogP contribution < -0.4 is 15.4 Å². The smallest absolute Gasteiger partial charge is 0.191 e. The van der Waals surface area contributed by atoms with Crippen LogP contribution in [0, 0.1) is 5.82 Å². The second kappa shape index (κ2) is 8.02. The Labute approximate surface area is 128 Å². The van der Waals surface area contributed by atoms with Gasteiger partial charge in [0.05, 0.1) is 13.1 Å². The number of aliphatic imine (C=N–C) groups is 1. The van der Waals surface area contributed by atoms with Gasteiger partial charge in [-0.3, -0.25) is 4.99 Å². The first-order valence-electron chi connectivity index (χ1n) is 6.93. The van der Waals surface area contributed by atoms with Crippen LogP contribution in [0.2, 0.25) is 0 Å². The van der Waals surface area contributed by atoms with E-state index in [1.165, 1.54) is 18.4 Å². The molecule has 0 saturated carbocycles. The van der Waals surface area contributed by atoms with Crippen molar-refractivity contribution < 1.29 is 13.7 Å². The first kappa shape index (κ1) is 15.8. The van der Waals surface area contributed by atoms with Gasteiger partial charge in [-0.15, -0.1) is 0 Å². The van der Waals surface area contributed by atoms with E-state index in [-0.39, 0.29) is 11.9 Å². The van der Waals surface area contributed by atoms with Crippen LogP contribution >= 0.6 is 0 Å². The lowest BCUT2D eigenvalue weighted by Crippen LogP contribution is -2.41. The highest BCUT2D eigenvalue weighted by Crippen LogP contribution is 2.13. The van der Waals surface area contributed by atoms with E-state index in [1.807, 2.05) is 6.92 Å². The molecule has 0 spiro atoms. The van der Waals surface area contributed by atoms with E-state index < -0.39 is 0 Å². The Morgan fingerprint density at radius 1 is 1.41 bits per heavy atom. The van der Waals surface area contributed by atoms with Crippen molar-refractivity contribution >= 4 is 5.96 Å². The molecule has 118 valence electrons. The van der Waals surface area contributed by atoms with Crippen LogP contribution in [-0.4, -0.2) is 30.8 Å². The van der Waals surface area contributed by atoms with Crippen LogP contribution in [-0.2, 0) is 6.54 Å². The lowest BCUT2D eigenvalue weighted by atomic mass is 10.3. The summed E-state index contributed by atoms with van der Waals surface area (Å²) in [7, 11) is 1.68. The average Bonchev–Trinajstić information content (AvgIpc) is 3.01. The van der Waals surface area contributed by atoms with E-state index >= 15 is 0 Å². The normalized spacial score (nSPS) is 12.8. The monoisotopic (exact) mass is 306 g/mol. The highest BCUT2D eigenvalue weighted by molar-refractivity contribution is 5.79. The van der Waals surface area contributed by atoms with Gasteiger partial charge in [0.2, 0.25) is 0 Å². The Kier molecular flexibility index (Phi) is 5.76. The molecule has 0 fully saturated rings. The number of guanidine groups is 1. The molecule has 0 saturated heterocycles. The van der Waals surface area contributed by atoms with Gasteiger partial charge in [0.15, 0.2) is 5.96 Å². The fourth-order valence-corrected chi connectivity index (χ4v) is 1.78. The first-order valence-corrected chi connectivity index (χ1v) is 6.93. The van der Waals surface area contributed by atoms with Gasteiger partial charge >= 0.3 is 0 Å². The molecule has 0 aliphatic carbocycles. The summed E-state index contributed by atoms with van der Waals surface area (Å²) in [4.78, 5) is 4.10. The molecule has 2 rings (SSSR count). The molecule has 6 nitrogen and oxygen atoms in total. The van der Waals surface area contributed by atoms with Crippen molar-refractivity contribution in [1.82, 2.24) is 15.8 Å². The zero-order valence-corrected chi connectivity index (χ0v) is 12.5. The highest BCUT2D eigenvalue weighted by atomic mass is 19.1. The number of nitrogens with one attached hydrogen (secondary N) is 2. The maximum Gasteiger partial charge on any atom is 0.191 e. The van der Waals surface area contributed by atoms with E-state index in [9.17, 15) is 4.39 Å². The quantitative estimate of drug-likeness (QED) is 0.630. The van der Waals surface area contributed by atoms with Crippen LogP contribution in [0.25, 0.3) is 0 Å². The van der Waals surface area contributed by atoms with Gasteiger partial charge in [-0.1, -0.05) is 11.2 Å². The third-order valence-corrected chi connectivity index (χ3v) is 2.84. The maximum atomic E-state index is 13.1. The second-order valence-corrected chi connectivity index (χ2v) is 4.68. The molecule has 0 aliphatic heterocycles. The van der Waals surface area contributed by atoms with E-state index in [0.29, 0.717) is 24.8 Å². The molecular weight excluding hydrogens is 287 g/mol. The second-order valence-electron chi connectivity index (χ2n) is 4.68. The molecule has 2 aromatic rings. The summed E-state index contributed by atoms with van der Waals surface area (Å²) in [6.45, 7) is 2.92. The number of nitrogens with zero attached hydrogens (tertiary/aromatic N) is 2. The Morgan fingerprint density at radius 2 is 2.27 bits per heavy atom. The summed E-state index contributed by atoms with van der Waals surface area (Å²) in [5, 5.41) is 10.0. The third-order valence-electron chi connectivity index (χ3n) is 2.84. The number of halogens is 1. The van der Waals surface area contributed by atoms with Gasteiger partial charge < -0.3 is 19.9 Å². The zero-order chi connectivity index (χ0) is 15.8. The Hall–Kier alpha value is -2.57. The van der Waals surface area contributed by atoms with Gasteiger partial charge in [0.1, 0.15) is 29.6 Å². The summed E-state index contributed by atoms with van der Waals surface area (Å²) in [5.74, 6) is 0.806. The number of ether oxygens (including phenoxy) is 1. The van der Waals surface area contributed by atoms with Gasteiger partial charge in [-0.2, -0.15) is 0 Å². The predicted molar refractivity (Wildman–Crippen MR) is 81.2 cm³/mol. The highest BCUT2D eigenvalue weighted by Gasteiger charge is 2.07. The molecular formula is C15H19FN4O2. The summed E-state index contributed by atoms with van der Waals surface area (Å²) >= 11 is 0. The van der Waals surface area contributed by atoms with Crippen molar-refractivity contribution in [2.24, 2.45) is 4.99 Å². The molecule has 0 bridgehead atoms. The average molecular weight is 306 g/mol. The first-order chi connectivity index (χ1) is 10.7. The van der Waals surface area contributed by atoms with Crippen LogP contribution in [0.1, 0.15) is 12.6 Å². The molecule has 1 atom stereocenters. The molecule has 0 radical (unpaired) electrons. The van der Waals surface area contributed by atoms with Crippen molar-refractivity contribution in [1.29, 1.82) is 0 Å². The van der Waals surface area contributed by atoms with Crippen molar-refractivity contribution in [3.63, 3.8) is 0 Å². The lowest BCUT2D eigenvalue weighted by Gasteiger charge is -2.17. The molecule has 1 heterocycles. The van der Waals surface area contributed by atoms with Crippen molar-refractivity contribution in [3.05, 3.63) is 48.1 Å². The fraction of sp³-hybridized carbons (Fsp3) is 0.333. The molecule has 22 heavy (non-hydrogen) atoms. The number of hydrogen-bond donors (Lipinski definition) is 2. The van der Waals surface area contributed by atoms with Crippen LogP contribution in [0.3, 0.4) is 0 Å². The topological polar surface area (TPSA) is 71.7 Å². The van der Waals surface area contributed by atoms with Crippen molar-refractivity contribution in [3.8, 4) is 5.75 Å². The number of hydrogen-bond acceptors (Lipinski definition) is 4. The summed E-state index contributed by atoms with van der Waals surface area (Å²) in [5.41, 5.74) is 0.784. The van der Waals surface area contributed by atoms with E-state index in [4.69, 9.17) is 9.26 Å². The number of benzene rings is 1. The van der Waals surface area contributed by atoms with E-state index in [0.717, 1.165) is 5.69 Å². The molecule has 1 aromatic carbocycles. The summed E-state index contributed by atoms with van der Waals surface area (Å²) in [6, 6.07) is 7.84. The van der Waals surface area contributed by atoms with Gasteiger partial charge in [-0.25, -0.2) is 4.39 Å². The van der Waals surface area contributed by atoms with E-state index in [1.54, 1.807) is 25.2 Å². The van der Waals surface area contributed by atoms with Crippen molar-refractivity contribution in [2.45, 2.75) is 19.6 Å². The molecule has 7 heteroatoms. The lowest BCUT2D eigenvalue weighted by molar-refractivity contribution is 0.223. The fourth-order valence-electron chi connectivity index (χ4n) is 1.78. The number of rotatable bonds is 6. The van der Waals surface area contributed by atoms with E-state index in [2.05, 4.69) is 20.8 Å². The zero-order valence-electron chi connectivity index (χ0n) is 12.5. The maximum absolute atomic E-state index is 13.1. The minimum absolute atomic E-state index is 0.146. The summed E-state index contributed by atoms with van der Waals surface area (Å²) in [6.07, 6.45) is 1.37. The minimum Gasteiger partial charge on any atom is -0.489 e. The van der Waals surface area contributed by atoms with Crippen LogP contribution in [0.15, 0.2) is 46.1 Å². The Morgan fingerprint density at radius 3 is 2.95 bits per heavy atom. The van der Waals surface area contributed by atoms with Gasteiger partial charge in [0.25, 0.3) is 0 Å². The largest absolute Gasteiger partial charge is 0.489 e. The Balaban J connectivity index is 1.75. The van der Waals surface area contributed by atoms with Gasteiger partial charge in [-0.05, 0) is 19.1 Å². The summed E-state index contributed by atoms with van der Waals surface area (Å²) < 4.78 is 23.5. The predicted octanol–water partition coefficient (Wildman–Crippen LogP) is 1.95. The molecule has 2 N–H and O–H groups in total. The van der Waals surface area contributed by atoms with Crippen molar-refractivity contribution in [2.75, 3.05) is 13.6 Å². The van der Waals surface area contributed by atoms with Crippen LogP contribution in [0.5, 0.6) is 5.75 Å². The third kappa shape index (κ3) is 5.08.